The van der Waals surface area contributed by atoms with Crippen LogP contribution in [-0.2, 0) is 9.53 Å². The van der Waals surface area contributed by atoms with Gasteiger partial charge in [0.2, 0.25) is 0 Å². The van der Waals surface area contributed by atoms with E-state index in [4.69, 9.17) is 0 Å². The lowest BCUT2D eigenvalue weighted by Gasteiger charge is -1.84. The van der Waals surface area contributed by atoms with Crippen LogP contribution in [0, 0.1) is 18.8 Å². The predicted octanol–water partition coefficient (Wildman–Crippen LogP) is 0.243. The van der Waals surface area contributed by atoms with Gasteiger partial charge in [-0.05, 0) is 6.92 Å². The predicted molar refractivity (Wildman–Crippen MR) is 42.2 cm³/mol. The van der Waals surface area contributed by atoms with Crippen molar-refractivity contribution in [1.82, 2.24) is 10.2 Å². The maximum Gasteiger partial charge on any atom is 0.384 e. The molecule has 1 N–H and O–H groups in total. The summed E-state index contributed by atoms with van der Waals surface area (Å²) in [7, 11) is 1.29. The molecule has 0 aliphatic heterocycles. The summed E-state index contributed by atoms with van der Waals surface area (Å²) in [6.45, 7) is 1.83. The highest BCUT2D eigenvalue weighted by Crippen LogP contribution is 1.98. The standard InChI is InChI=1S/C8H8N2O2/c1-6-7(5-9-10-6)3-4-8(11)12-2/h5H,1-2H3,(H,9,10). The number of aromatic amines is 1. The summed E-state index contributed by atoms with van der Waals surface area (Å²) in [5.41, 5.74) is 1.55. The number of ether oxygens (including phenoxy) is 1. The van der Waals surface area contributed by atoms with Crippen molar-refractivity contribution in [1.29, 1.82) is 0 Å². The number of carbonyl (C=O) groups is 1. The third kappa shape index (κ3) is 1.86. The van der Waals surface area contributed by atoms with Gasteiger partial charge in [0.15, 0.2) is 0 Å². The fourth-order valence-electron chi connectivity index (χ4n) is 0.646. The monoisotopic (exact) mass is 164 g/mol. The van der Waals surface area contributed by atoms with Crippen LogP contribution in [0.1, 0.15) is 11.3 Å². The molecule has 62 valence electrons. The molecule has 12 heavy (non-hydrogen) atoms. The molecule has 4 heteroatoms. The lowest BCUT2D eigenvalue weighted by molar-refractivity contribution is -0.133. The summed E-state index contributed by atoms with van der Waals surface area (Å²) in [5, 5.41) is 6.45. The number of methoxy groups -OCH3 is 1. The number of hydrogen-bond acceptors (Lipinski definition) is 3. The van der Waals surface area contributed by atoms with Crippen LogP contribution in [0.3, 0.4) is 0 Å². The molecular weight excluding hydrogens is 156 g/mol. The van der Waals surface area contributed by atoms with Gasteiger partial charge < -0.3 is 4.74 Å². The van der Waals surface area contributed by atoms with Crippen LogP contribution in [0.15, 0.2) is 6.20 Å². The average molecular weight is 164 g/mol. The van der Waals surface area contributed by atoms with Gasteiger partial charge in [-0.1, -0.05) is 5.92 Å². The van der Waals surface area contributed by atoms with Gasteiger partial charge in [0.05, 0.1) is 18.9 Å². The van der Waals surface area contributed by atoms with E-state index >= 15 is 0 Å². The lowest BCUT2D eigenvalue weighted by atomic mass is 10.3. The van der Waals surface area contributed by atoms with E-state index in [0.29, 0.717) is 5.56 Å². The molecule has 4 nitrogen and oxygen atoms in total. The zero-order chi connectivity index (χ0) is 8.97. The Balaban J connectivity index is 2.79. The Labute approximate surface area is 69.9 Å². The number of nitrogens with zero attached hydrogens (tertiary/aromatic N) is 1. The van der Waals surface area contributed by atoms with E-state index in [1.54, 1.807) is 6.20 Å². The zero-order valence-electron chi connectivity index (χ0n) is 6.84. The number of nitrogens with one attached hydrogen (secondary N) is 1. The molecule has 0 amide bonds. The third-order valence-electron chi connectivity index (χ3n) is 1.31. The van der Waals surface area contributed by atoms with Crippen molar-refractivity contribution in [3.63, 3.8) is 0 Å². The lowest BCUT2D eigenvalue weighted by Crippen LogP contribution is -1.94. The quantitative estimate of drug-likeness (QED) is 0.441. The van der Waals surface area contributed by atoms with Crippen LogP contribution in [0.4, 0.5) is 0 Å². The molecule has 0 fully saturated rings. The van der Waals surface area contributed by atoms with Crippen molar-refractivity contribution in [2.24, 2.45) is 0 Å². The number of aryl methyl sites for hydroxylation is 1. The van der Waals surface area contributed by atoms with Crippen molar-refractivity contribution in [2.75, 3.05) is 7.11 Å². The van der Waals surface area contributed by atoms with Gasteiger partial charge in [-0.25, -0.2) is 4.79 Å². The molecule has 1 aromatic heterocycles. The van der Waals surface area contributed by atoms with Crippen molar-refractivity contribution >= 4 is 5.97 Å². The van der Waals surface area contributed by atoms with Gasteiger partial charge in [-0.15, -0.1) is 0 Å². The number of hydrogen-bond donors (Lipinski definition) is 1. The smallest absolute Gasteiger partial charge is 0.384 e. The van der Waals surface area contributed by atoms with Crippen molar-refractivity contribution in [2.45, 2.75) is 6.92 Å². The summed E-state index contributed by atoms with van der Waals surface area (Å²) in [5.74, 6) is 4.38. The van der Waals surface area contributed by atoms with E-state index in [0.717, 1.165) is 5.69 Å². The Kier molecular flexibility index (Phi) is 2.49. The molecule has 1 rings (SSSR count). The molecule has 1 aromatic rings. The topological polar surface area (TPSA) is 55.0 Å². The summed E-state index contributed by atoms with van der Waals surface area (Å²) in [6, 6.07) is 0. The minimum Gasteiger partial charge on any atom is -0.459 e. The van der Waals surface area contributed by atoms with Gasteiger partial charge in [0.1, 0.15) is 0 Å². The second kappa shape index (κ2) is 3.58. The Morgan fingerprint density at radius 3 is 3.00 bits per heavy atom. The minimum atomic E-state index is -0.546. The first-order valence-corrected chi connectivity index (χ1v) is 3.34. The van der Waals surface area contributed by atoms with Crippen LogP contribution in [0.25, 0.3) is 0 Å². The third-order valence-corrected chi connectivity index (χ3v) is 1.31. The fourth-order valence-corrected chi connectivity index (χ4v) is 0.646. The molecule has 0 saturated carbocycles. The van der Waals surface area contributed by atoms with Gasteiger partial charge in [0, 0.05) is 11.6 Å². The van der Waals surface area contributed by atoms with Crippen LogP contribution in [-0.4, -0.2) is 23.3 Å². The van der Waals surface area contributed by atoms with Crippen molar-refractivity contribution in [3.05, 3.63) is 17.5 Å². The molecule has 0 aromatic carbocycles. The molecule has 0 spiro atoms. The summed E-state index contributed by atoms with van der Waals surface area (Å²) >= 11 is 0. The Bertz CT molecular complexity index is 343. The van der Waals surface area contributed by atoms with E-state index < -0.39 is 5.97 Å². The highest BCUT2D eigenvalue weighted by Gasteiger charge is 1.95. The van der Waals surface area contributed by atoms with Gasteiger partial charge in [-0.2, -0.15) is 5.10 Å². The summed E-state index contributed by atoms with van der Waals surface area (Å²) in [4.78, 5) is 10.6. The first kappa shape index (κ1) is 8.34. The molecule has 1 heterocycles. The molecule has 0 aliphatic carbocycles. The molecule has 0 aliphatic rings. The Morgan fingerprint density at radius 2 is 2.50 bits per heavy atom. The van der Waals surface area contributed by atoms with E-state index in [1.165, 1.54) is 7.11 Å². The van der Waals surface area contributed by atoms with E-state index in [9.17, 15) is 4.79 Å². The van der Waals surface area contributed by atoms with Crippen molar-refractivity contribution < 1.29 is 9.53 Å². The molecule has 0 radical (unpaired) electrons. The van der Waals surface area contributed by atoms with Crippen LogP contribution in [0.2, 0.25) is 0 Å². The fraction of sp³-hybridized carbons (Fsp3) is 0.250. The average Bonchev–Trinajstić information content (AvgIpc) is 2.47. The van der Waals surface area contributed by atoms with E-state index in [-0.39, 0.29) is 0 Å². The largest absolute Gasteiger partial charge is 0.459 e. The maximum atomic E-state index is 10.6. The van der Waals surface area contributed by atoms with Gasteiger partial charge in [-0.3, -0.25) is 5.10 Å². The van der Waals surface area contributed by atoms with E-state index in [1.807, 2.05) is 6.92 Å². The van der Waals surface area contributed by atoms with Crippen LogP contribution in [0.5, 0.6) is 0 Å². The first-order chi connectivity index (χ1) is 5.74. The number of carbonyl (C=O) groups excluding carboxylic acids is 1. The Morgan fingerprint density at radius 1 is 1.75 bits per heavy atom. The molecule has 0 bridgehead atoms. The van der Waals surface area contributed by atoms with Crippen LogP contribution < -0.4 is 0 Å². The van der Waals surface area contributed by atoms with Gasteiger partial charge in [0.25, 0.3) is 0 Å². The second-order valence-corrected chi connectivity index (χ2v) is 2.15. The van der Waals surface area contributed by atoms with Crippen LogP contribution >= 0.6 is 0 Å². The number of aromatic nitrogens is 2. The SMILES string of the molecule is COC(=O)C#Cc1cn[nH]c1C. The van der Waals surface area contributed by atoms with Gasteiger partial charge >= 0.3 is 5.97 Å². The molecule has 0 unspecified atom stereocenters. The number of esters is 1. The first-order valence-electron chi connectivity index (χ1n) is 3.34. The minimum absolute atomic E-state index is 0.546. The van der Waals surface area contributed by atoms with E-state index in [2.05, 4.69) is 26.8 Å². The highest BCUT2D eigenvalue weighted by atomic mass is 16.5. The Hall–Kier alpha value is -1.76. The molecule has 0 saturated heterocycles. The normalized spacial score (nSPS) is 8.50. The molecule has 0 atom stereocenters. The summed E-state index contributed by atoms with van der Waals surface area (Å²) in [6.07, 6.45) is 1.56. The second-order valence-electron chi connectivity index (χ2n) is 2.15. The maximum absolute atomic E-state index is 10.6. The zero-order valence-corrected chi connectivity index (χ0v) is 6.84. The number of H-pyrrole nitrogens is 1. The summed E-state index contributed by atoms with van der Waals surface area (Å²) < 4.78 is 4.35. The van der Waals surface area contributed by atoms with Crippen molar-refractivity contribution in [3.8, 4) is 11.8 Å². The molecular formula is C8H8N2O2. The number of rotatable bonds is 0. The highest BCUT2D eigenvalue weighted by molar-refractivity contribution is 5.89.